The molecule has 0 aromatic heterocycles. The van der Waals surface area contributed by atoms with E-state index in [1.54, 1.807) is 12.2 Å². The summed E-state index contributed by atoms with van der Waals surface area (Å²) in [4.78, 5) is 21.0. The van der Waals surface area contributed by atoms with Crippen LogP contribution in [0.1, 0.15) is 20.3 Å². The fraction of sp³-hybridized carbons (Fsp3) is 0.500. The molecule has 0 rings (SSSR count). The maximum atomic E-state index is 10.7. The molecule has 0 atom stereocenters. The number of hydrogen-bond donors (Lipinski definition) is 0. The molecule has 0 saturated carbocycles. The Morgan fingerprint density at radius 1 is 1.45 bits per heavy atom. The Hall–Kier alpha value is -1.12. The van der Waals surface area contributed by atoms with E-state index in [1.165, 1.54) is 6.92 Å². The number of hydrogen-bond acceptors (Lipinski definition) is 3. The number of rotatable bonds is 4. The third-order valence-electron chi connectivity index (χ3n) is 0.970. The number of ketones is 1. The highest BCUT2D eigenvalue weighted by Gasteiger charge is 2.03. The standard InChI is InChI=1S/C8H12O3/c1-3-4-5-11-8(10)6-7(2)9/h3-4H,5-6H2,1-2H3/b4-3-. The Balaban J connectivity index is 3.45. The molecule has 0 unspecified atom stereocenters. The molecule has 0 fully saturated rings. The summed E-state index contributed by atoms with van der Waals surface area (Å²) in [6.45, 7) is 3.44. The summed E-state index contributed by atoms with van der Waals surface area (Å²) in [5, 5.41) is 0. The zero-order valence-corrected chi connectivity index (χ0v) is 6.79. The largest absolute Gasteiger partial charge is 0.461 e. The summed E-state index contributed by atoms with van der Waals surface area (Å²) in [5.74, 6) is -0.633. The molecule has 62 valence electrons. The van der Waals surface area contributed by atoms with Crippen LogP contribution < -0.4 is 0 Å². The van der Waals surface area contributed by atoms with E-state index in [1.807, 2.05) is 6.92 Å². The van der Waals surface area contributed by atoms with Gasteiger partial charge in [-0.15, -0.1) is 0 Å². The smallest absolute Gasteiger partial charge is 0.313 e. The molecule has 0 spiro atoms. The van der Waals surface area contributed by atoms with Crippen molar-refractivity contribution in [2.45, 2.75) is 20.3 Å². The Morgan fingerprint density at radius 3 is 2.55 bits per heavy atom. The lowest BCUT2D eigenvalue weighted by molar-refractivity contribution is -0.144. The molecule has 0 aliphatic rings. The molecule has 0 aliphatic carbocycles. The van der Waals surface area contributed by atoms with Crippen LogP contribution in [0.2, 0.25) is 0 Å². The van der Waals surface area contributed by atoms with Crippen molar-refractivity contribution in [1.82, 2.24) is 0 Å². The summed E-state index contributed by atoms with van der Waals surface area (Å²) in [5.41, 5.74) is 0. The summed E-state index contributed by atoms with van der Waals surface area (Å²) >= 11 is 0. The van der Waals surface area contributed by atoms with Crippen molar-refractivity contribution in [2.24, 2.45) is 0 Å². The highest BCUT2D eigenvalue weighted by atomic mass is 16.5. The molecule has 0 N–H and O–H groups in total. The molecule has 11 heavy (non-hydrogen) atoms. The minimum Gasteiger partial charge on any atom is -0.461 e. The summed E-state index contributed by atoms with van der Waals surface area (Å²) in [6, 6.07) is 0. The van der Waals surface area contributed by atoms with Crippen LogP contribution in [0, 0.1) is 0 Å². The second-order valence-corrected chi connectivity index (χ2v) is 2.13. The molecule has 0 aromatic rings. The quantitative estimate of drug-likeness (QED) is 0.347. The average molecular weight is 156 g/mol. The maximum Gasteiger partial charge on any atom is 0.313 e. The fourth-order valence-electron chi connectivity index (χ4n) is 0.492. The zero-order chi connectivity index (χ0) is 8.69. The number of carbonyl (C=O) groups is 2. The zero-order valence-electron chi connectivity index (χ0n) is 6.79. The van der Waals surface area contributed by atoms with Crippen molar-refractivity contribution in [3.05, 3.63) is 12.2 Å². The SMILES string of the molecule is C/C=C\COC(=O)CC(C)=O. The number of esters is 1. The Kier molecular flexibility index (Phi) is 5.07. The van der Waals surface area contributed by atoms with E-state index in [9.17, 15) is 9.59 Å². The van der Waals surface area contributed by atoms with E-state index in [2.05, 4.69) is 4.74 Å². The van der Waals surface area contributed by atoms with Crippen LogP contribution in [-0.2, 0) is 14.3 Å². The van der Waals surface area contributed by atoms with Gasteiger partial charge in [0.2, 0.25) is 0 Å². The van der Waals surface area contributed by atoms with Gasteiger partial charge in [-0.2, -0.15) is 0 Å². The molecule has 0 radical (unpaired) electrons. The second kappa shape index (κ2) is 5.65. The van der Waals surface area contributed by atoms with Gasteiger partial charge < -0.3 is 4.74 Å². The van der Waals surface area contributed by atoms with Crippen molar-refractivity contribution in [1.29, 1.82) is 0 Å². The molecule has 0 aromatic carbocycles. The fourth-order valence-corrected chi connectivity index (χ4v) is 0.492. The van der Waals surface area contributed by atoms with Gasteiger partial charge in [-0.05, 0) is 13.8 Å². The maximum absolute atomic E-state index is 10.7. The predicted octanol–water partition coefficient (Wildman–Crippen LogP) is 1.08. The van der Waals surface area contributed by atoms with Crippen molar-refractivity contribution < 1.29 is 14.3 Å². The summed E-state index contributed by atoms with van der Waals surface area (Å²) < 4.78 is 4.65. The average Bonchev–Trinajstić information content (AvgIpc) is 1.86. The Morgan fingerprint density at radius 2 is 2.09 bits per heavy atom. The molecular weight excluding hydrogens is 144 g/mol. The van der Waals surface area contributed by atoms with Gasteiger partial charge in [-0.1, -0.05) is 12.2 Å². The molecule has 0 amide bonds. The second-order valence-electron chi connectivity index (χ2n) is 2.13. The van der Waals surface area contributed by atoms with Gasteiger partial charge in [-0.25, -0.2) is 0 Å². The van der Waals surface area contributed by atoms with Crippen LogP contribution in [-0.4, -0.2) is 18.4 Å². The van der Waals surface area contributed by atoms with Gasteiger partial charge in [0, 0.05) is 0 Å². The van der Waals surface area contributed by atoms with Crippen molar-refractivity contribution in [2.75, 3.05) is 6.61 Å². The number of allylic oxidation sites excluding steroid dienone is 1. The van der Waals surface area contributed by atoms with E-state index in [-0.39, 0.29) is 18.8 Å². The van der Waals surface area contributed by atoms with E-state index in [4.69, 9.17) is 0 Å². The van der Waals surface area contributed by atoms with Crippen LogP contribution in [0.3, 0.4) is 0 Å². The van der Waals surface area contributed by atoms with E-state index in [0.29, 0.717) is 0 Å². The van der Waals surface area contributed by atoms with Crippen LogP contribution in [0.15, 0.2) is 12.2 Å². The van der Waals surface area contributed by atoms with Gasteiger partial charge in [0.05, 0.1) is 0 Å². The van der Waals surface area contributed by atoms with Crippen LogP contribution in [0.4, 0.5) is 0 Å². The molecule has 0 saturated heterocycles. The van der Waals surface area contributed by atoms with Crippen molar-refractivity contribution in [3.63, 3.8) is 0 Å². The predicted molar refractivity (Wildman–Crippen MR) is 41.1 cm³/mol. The van der Waals surface area contributed by atoms with Crippen LogP contribution in [0.5, 0.6) is 0 Å². The minimum atomic E-state index is -0.462. The first kappa shape index (κ1) is 9.88. The molecule has 3 nitrogen and oxygen atoms in total. The monoisotopic (exact) mass is 156 g/mol. The molecule has 0 bridgehead atoms. The first-order valence-electron chi connectivity index (χ1n) is 3.43. The van der Waals surface area contributed by atoms with Crippen LogP contribution >= 0.6 is 0 Å². The van der Waals surface area contributed by atoms with E-state index in [0.717, 1.165) is 0 Å². The number of ether oxygens (including phenoxy) is 1. The highest BCUT2D eigenvalue weighted by molar-refractivity contribution is 5.94. The lowest BCUT2D eigenvalue weighted by Crippen LogP contribution is -2.08. The van der Waals surface area contributed by atoms with E-state index >= 15 is 0 Å². The molecular formula is C8H12O3. The van der Waals surface area contributed by atoms with Gasteiger partial charge in [0.15, 0.2) is 0 Å². The molecule has 0 heterocycles. The van der Waals surface area contributed by atoms with Gasteiger partial charge in [0.1, 0.15) is 18.8 Å². The lowest BCUT2D eigenvalue weighted by Gasteiger charge is -1.97. The minimum absolute atomic E-state index is 0.127. The summed E-state index contributed by atoms with van der Waals surface area (Å²) in [6.07, 6.45) is 3.36. The van der Waals surface area contributed by atoms with Gasteiger partial charge >= 0.3 is 5.97 Å². The topological polar surface area (TPSA) is 43.4 Å². The Labute approximate surface area is 66.0 Å². The van der Waals surface area contributed by atoms with E-state index < -0.39 is 5.97 Å². The third-order valence-corrected chi connectivity index (χ3v) is 0.970. The first-order valence-corrected chi connectivity index (χ1v) is 3.43. The Bertz CT molecular complexity index is 170. The first-order chi connectivity index (χ1) is 5.16. The van der Waals surface area contributed by atoms with Crippen molar-refractivity contribution in [3.8, 4) is 0 Å². The van der Waals surface area contributed by atoms with Gasteiger partial charge in [0.25, 0.3) is 0 Å². The number of Topliss-reactive ketones (excluding diaryl/α,β-unsaturated/α-hetero) is 1. The highest BCUT2D eigenvalue weighted by Crippen LogP contribution is 1.87. The van der Waals surface area contributed by atoms with Crippen molar-refractivity contribution >= 4 is 11.8 Å². The molecule has 0 aliphatic heterocycles. The normalized spacial score (nSPS) is 10.0. The van der Waals surface area contributed by atoms with Gasteiger partial charge in [-0.3, -0.25) is 9.59 Å². The lowest BCUT2D eigenvalue weighted by atomic mass is 10.3. The summed E-state index contributed by atoms with van der Waals surface area (Å²) in [7, 11) is 0. The number of carbonyl (C=O) groups excluding carboxylic acids is 2. The van der Waals surface area contributed by atoms with Crippen LogP contribution in [0.25, 0.3) is 0 Å². The third kappa shape index (κ3) is 6.77. The molecule has 3 heteroatoms.